The average Bonchev–Trinajstić information content (AvgIpc) is 2.70. The molecule has 1 atom stereocenters. The SMILES string of the molecule is CCC(C)N(Cc1ccc(OC)c(OS(C)(=O)=O)c1)C(=O)Nc1cccc(OC)c1. The smallest absolute Gasteiger partial charge is 0.322 e. The van der Waals surface area contributed by atoms with Crippen molar-refractivity contribution in [2.24, 2.45) is 0 Å². The first kappa shape index (κ1) is 23.3. The number of amides is 2. The molecule has 0 radical (unpaired) electrons. The fraction of sp³-hybridized carbons (Fsp3) is 0.381. The van der Waals surface area contributed by atoms with Crippen molar-refractivity contribution >= 4 is 21.8 Å². The number of hydrogen-bond acceptors (Lipinski definition) is 6. The summed E-state index contributed by atoms with van der Waals surface area (Å²) in [4.78, 5) is 14.6. The number of carbonyl (C=O) groups is 1. The monoisotopic (exact) mass is 436 g/mol. The minimum atomic E-state index is -3.72. The normalized spacial score (nSPS) is 12.0. The van der Waals surface area contributed by atoms with Gasteiger partial charge < -0.3 is 23.9 Å². The lowest BCUT2D eigenvalue weighted by molar-refractivity contribution is 0.187. The molecule has 0 saturated heterocycles. The van der Waals surface area contributed by atoms with E-state index in [4.69, 9.17) is 13.7 Å². The molecule has 0 aliphatic carbocycles. The zero-order valence-electron chi connectivity index (χ0n) is 17.8. The van der Waals surface area contributed by atoms with Gasteiger partial charge in [0.05, 0.1) is 20.5 Å². The van der Waals surface area contributed by atoms with E-state index in [9.17, 15) is 13.2 Å². The summed E-state index contributed by atoms with van der Waals surface area (Å²) in [6, 6.07) is 11.7. The molecule has 0 aliphatic heterocycles. The van der Waals surface area contributed by atoms with Crippen LogP contribution in [0.25, 0.3) is 0 Å². The second-order valence-electron chi connectivity index (χ2n) is 6.82. The van der Waals surface area contributed by atoms with E-state index in [-0.39, 0.29) is 24.4 Å². The van der Waals surface area contributed by atoms with Crippen molar-refractivity contribution in [1.29, 1.82) is 0 Å². The van der Waals surface area contributed by atoms with E-state index in [0.717, 1.165) is 12.7 Å². The summed E-state index contributed by atoms with van der Waals surface area (Å²) in [5, 5.41) is 2.88. The predicted octanol–water partition coefficient (Wildman–Crippen LogP) is 3.87. The van der Waals surface area contributed by atoms with E-state index < -0.39 is 10.1 Å². The first-order chi connectivity index (χ1) is 14.2. The Morgan fingerprint density at radius 3 is 2.43 bits per heavy atom. The zero-order valence-corrected chi connectivity index (χ0v) is 18.7. The van der Waals surface area contributed by atoms with Crippen LogP contribution < -0.4 is 19.0 Å². The Morgan fingerprint density at radius 1 is 1.10 bits per heavy atom. The molecular weight excluding hydrogens is 408 g/mol. The van der Waals surface area contributed by atoms with E-state index in [2.05, 4.69) is 5.32 Å². The number of nitrogens with zero attached hydrogens (tertiary/aromatic N) is 1. The van der Waals surface area contributed by atoms with Crippen LogP contribution in [-0.4, -0.2) is 45.9 Å². The van der Waals surface area contributed by atoms with Crippen LogP contribution in [0.1, 0.15) is 25.8 Å². The molecule has 0 saturated carbocycles. The molecule has 0 aromatic heterocycles. The van der Waals surface area contributed by atoms with E-state index >= 15 is 0 Å². The molecule has 2 rings (SSSR count). The molecule has 30 heavy (non-hydrogen) atoms. The Morgan fingerprint density at radius 2 is 1.83 bits per heavy atom. The number of methoxy groups -OCH3 is 2. The van der Waals surface area contributed by atoms with Gasteiger partial charge in [-0.05, 0) is 43.2 Å². The third-order valence-electron chi connectivity index (χ3n) is 4.53. The van der Waals surface area contributed by atoms with E-state index in [0.29, 0.717) is 22.7 Å². The van der Waals surface area contributed by atoms with Crippen LogP contribution in [0.5, 0.6) is 17.2 Å². The van der Waals surface area contributed by atoms with E-state index in [1.165, 1.54) is 7.11 Å². The highest BCUT2D eigenvalue weighted by Crippen LogP contribution is 2.30. The zero-order chi connectivity index (χ0) is 22.3. The summed E-state index contributed by atoms with van der Waals surface area (Å²) in [5.41, 5.74) is 1.32. The molecule has 2 aromatic carbocycles. The minimum Gasteiger partial charge on any atom is -0.497 e. The van der Waals surface area contributed by atoms with Crippen LogP contribution in [0.15, 0.2) is 42.5 Å². The number of ether oxygens (including phenoxy) is 2. The summed E-state index contributed by atoms with van der Waals surface area (Å²) in [6.07, 6.45) is 1.71. The third-order valence-corrected chi connectivity index (χ3v) is 5.01. The molecule has 164 valence electrons. The Kier molecular flexibility index (Phi) is 7.93. The van der Waals surface area contributed by atoms with Gasteiger partial charge in [0.25, 0.3) is 0 Å². The first-order valence-corrected chi connectivity index (χ1v) is 11.3. The molecule has 1 N–H and O–H groups in total. The van der Waals surface area contributed by atoms with Crippen LogP contribution >= 0.6 is 0 Å². The summed E-state index contributed by atoms with van der Waals surface area (Å²) in [7, 11) is -0.735. The van der Waals surface area contributed by atoms with Gasteiger partial charge in [-0.3, -0.25) is 0 Å². The Bertz CT molecular complexity index is 977. The van der Waals surface area contributed by atoms with Gasteiger partial charge in [0.2, 0.25) is 0 Å². The minimum absolute atomic E-state index is 0.0583. The number of hydrogen-bond donors (Lipinski definition) is 1. The third kappa shape index (κ3) is 6.55. The van der Waals surface area contributed by atoms with Crippen molar-refractivity contribution in [3.8, 4) is 17.2 Å². The van der Waals surface area contributed by atoms with Gasteiger partial charge in [0, 0.05) is 24.3 Å². The molecule has 1 unspecified atom stereocenters. The lowest BCUT2D eigenvalue weighted by atomic mass is 10.1. The van der Waals surface area contributed by atoms with Gasteiger partial charge >= 0.3 is 16.1 Å². The fourth-order valence-electron chi connectivity index (χ4n) is 2.79. The summed E-state index contributed by atoms with van der Waals surface area (Å²) >= 11 is 0. The van der Waals surface area contributed by atoms with E-state index in [1.54, 1.807) is 54.5 Å². The highest BCUT2D eigenvalue weighted by Gasteiger charge is 2.21. The van der Waals surface area contributed by atoms with Crippen molar-refractivity contribution in [1.82, 2.24) is 4.90 Å². The number of urea groups is 1. The van der Waals surface area contributed by atoms with Gasteiger partial charge in [0.15, 0.2) is 11.5 Å². The van der Waals surface area contributed by atoms with Crippen LogP contribution in [0.4, 0.5) is 10.5 Å². The summed E-state index contributed by atoms with van der Waals surface area (Å²) in [5.74, 6) is 1.01. The maximum absolute atomic E-state index is 13.0. The largest absolute Gasteiger partial charge is 0.497 e. The molecule has 0 spiro atoms. The molecule has 8 nitrogen and oxygen atoms in total. The Balaban J connectivity index is 2.27. The molecule has 2 amide bonds. The highest BCUT2D eigenvalue weighted by molar-refractivity contribution is 7.86. The van der Waals surface area contributed by atoms with Crippen LogP contribution in [-0.2, 0) is 16.7 Å². The van der Waals surface area contributed by atoms with Gasteiger partial charge in [-0.1, -0.05) is 19.1 Å². The highest BCUT2D eigenvalue weighted by atomic mass is 32.2. The first-order valence-electron chi connectivity index (χ1n) is 9.44. The summed E-state index contributed by atoms with van der Waals surface area (Å²) < 4.78 is 38.5. The Hall–Kier alpha value is -2.94. The maximum Gasteiger partial charge on any atom is 0.322 e. The molecule has 0 aliphatic rings. The molecule has 0 bridgehead atoms. The number of rotatable bonds is 9. The standard InChI is InChI=1S/C21H28N2O6S/c1-6-15(2)23(21(24)22-17-8-7-9-18(13-17)27-3)14-16-10-11-19(28-4)20(12-16)29-30(5,25)26/h7-13,15H,6,14H2,1-5H3,(H,22,24). The topological polar surface area (TPSA) is 94.2 Å². The lowest BCUT2D eigenvalue weighted by Crippen LogP contribution is -2.40. The maximum atomic E-state index is 13.0. The van der Waals surface area contributed by atoms with Crippen LogP contribution in [0, 0.1) is 0 Å². The van der Waals surface area contributed by atoms with Gasteiger partial charge in [-0.15, -0.1) is 0 Å². The quantitative estimate of drug-likeness (QED) is 0.600. The molecule has 0 fully saturated rings. The predicted molar refractivity (Wildman–Crippen MR) is 116 cm³/mol. The van der Waals surface area contributed by atoms with Crippen LogP contribution in [0.2, 0.25) is 0 Å². The van der Waals surface area contributed by atoms with Crippen molar-refractivity contribution < 1.29 is 26.9 Å². The van der Waals surface area contributed by atoms with E-state index in [1.807, 2.05) is 13.8 Å². The number of benzene rings is 2. The molecule has 9 heteroatoms. The molecule has 2 aromatic rings. The Labute approximate surface area is 177 Å². The lowest BCUT2D eigenvalue weighted by Gasteiger charge is -2.29. The van der Waals surface area contributed by atoms with Crippen molar-refractivity contribution in [3.05, 3.63) is 48.0 Å². The fourth-order valence-corrected chi connectivity index (χ4v) is 3.25. The summed E-state index contributed by atoms with van der Waals surface area (Å²) in [6.45, 7) is 4.19. The number of carbonyl (C=O) groups excluding carboxylic acids is 1. The second kappa shape index (κ2) is 10.2. The van der Waals surface area contributed by atoms with Gasteiger partial charge in [-0.25, -0.2) is 4.79 Å². The van der Waals surface area contributed by atoms with Crippen molar-refractivity contribution in [3.63, 3.8) is 0 Å². The second-order valence-corrected chi connectivity index (χ2v) is 8.39. The number of nitrogens with one attached hydrogen (secondary N) is 1. The van der Waals surface area contributed by atoms with Crippen molar-refractivity contribution in [2.75, 3.05) is 25.8 Å². The number of anilines is 1. The van der Waals surface area contributed by atoms with Gasteiger partial charge in [0.1, 0.15) is 5.75 Å². The van der Waals surface area contributed by atoms with Crippen LogP contribution in [0.3, 0.4) is 0 Å². The van der Waals surface area contributed by atoms with Crippen molar-refractivity contribution in [2.45, 2.75) is 32.9 Å². The molecular formula is C21H28N2O6S. The molecule has 0 heterocycles. The van der Waals surface area contributed by atoms with Gasteiger partial charge in [-0.2, -0.15) is 8.42 Å². The average molecular weight is 437 g/mol.